The molecule has 0 radical (unpaired) electrons. The maximum atomic E-state index is 9.87. The molecule has 2 aromatic carbocycles. The Hall–Kier alpha value is -5.72. The molecule has 0 spiro atoms. The molecule has 8 bridgehead atoms. The van der Waals surface area contributed by atoms with Gasteiger partial charge in [0.05, 0.1) is 46.3 Å². The van der Waals surface area contributed by atoms with Gasteiger partial charge in [-0.05, 0) is 48.5 Å². The molecule has 0 atom stereocenters. The van der Waals surface area contributed by atoms with Crippen LogP contribution in [0.4, 0.5) is 50.4 Å². The molecule has 5 heterocycles. The minimum Gasteiger partial charge on any atom is -0.325 e. The fourth-order valence-electron chi connectivity index (χ4n) is 4.08. The van der Waals surface area contributed by atoms with E-state index in [9.17, 15) is 50.4 Å². The van der Waals surface area contributed by atoms with E-state index in [1.54, 1.807) is 24.3 Å². The summed E-state index contributed by atoms with van der Waals surface area (Å²) in [6.07, 6.45) is 0. The molecule has 0 aliphatic carbocycles. The van der Waals surface area contributed by atoms with Crippen molar-refractivity contribution in [1.82, 2.24) is 29.9 Å². The summed E-state index contributed by atoms with van der Waals surface area (Å²) in [5.74, 6) is 0. The van der Waals surface area contributed by atoms with Crippen LogP contribution in [-0.2, 0) is 19.5 Å². The molecule has 7 aromatic rings. The molecule has 0 saturated carbocycles. The third-order valence-corrected chi connectivity index (χ3v) is 5.55. The van der Waals surface area contributed by atoms with Gasteiger partial charge < -0.3 is 9.97 Å². The average Bonchev–Trinajstić information content (AvgIpc) is 3.03. The SMILES string of the molecule is CC#N.CC#N.CC#N.CC#N.F[P-](F)(F)(F)(F)F.F[P-](F)(F)(F)(F)F.[Ru+2].c1cc2ccc3ccc4nc3c2nc1[nH]c1ccc2ccc3ccc(nc3c2n1)[nH]4. The zero-order valence-electron chi connectivity index (χ0n) is 29.3. The third kappa shape index (κ3) is 22.4. The predicted molar refractivity (Wildman–Crippen MR) is 192 cm³/mol. The number of aromatic nitrogens is 6. The summed E-state index contributed by atoms with van der Waals surface area (Å²) in [6.45, 7) is 5.72. The van der Waals surface area contributed by atoms with Gasteiger partial charge in [-0.1, -0.05) is 24.3 Å². The number of nitrogens with one attached hydrogen (secondary N) is 2. The average molecular weight is 942 g/mol. The van der Waals surface area contributed by atoms with Gasteiger partial charge >= 0.3 is 85.5 Å². The summed E-state index contributed by atoms with van der Waals surface area (Å²) in [4.78, 5) is 26.1. The Kier molecular flexibility index (Phi) is 16.2. The number of aromatic amines is 2. The molecule has 0 unspecified atom stereocenters. The minimum atomic E-state index is -10.7. The molecular weight excluding hydrogens is 915 g/mol. The summed E-state index contributed by atoms with van der Waals surface area (Å²) >= 11 is 0. The number of nitriles is 4. The third-order valence-electron chi connectivity index (χ3n) is 5.55. The van der Waals surface area contributed by atoms with Gasteiger partial charge in [-0.3, -0.25) is 0 Å². The Labute approximate surface area is 326 Å². The molecule has 0 aliphatic heterocycles. The Morgan fingerprint density at radius 1 is 0.368 bits per heavy atom. The fourth-order valence-corrected chi connectivity index (χ4v) is 4.08. The van der Waals surface area contributed by atoms with Crippen LogP contribution in [0.5, 0.6) is 0 Å². The van der Waals surface area contributed by atoms with Crippen LogP contribution in [-0.4, -0.2) is 29.9 Å². The summed E-state index contributed by atoms with van der Waals surface area (Å²) in [6, 6.07) is 31.4. The first-order valence-electron chi connectivity index (χ1n) is 14.7. The Bertz CT molecular complexity index is 2330. The van der Waals surface area contributed by atoms with E-state index in [0.717, 1.165) is 66.2 Å². The molecule has 0 amide bonds. The van der Waals surface area contributed by atoms with E-state index in [2.05, 4.69) is 58.5 Å². The van der Waals surface area contributed by atoms with Crippen LogP contribution in [0.3, 0.4) is 0 Å². The van der Waals surface area contributed by atoms with Crippen molar-refractivity contribution in [3.8, 4) is 24.3 Å². The summed E-state index contributed by atoms with van der Waals surface area (Å²) in [7, 11) is -21.3. The first kappa shape index (κ1) is 51.3. The van der Waals surface area contributed by atoms with E-state index in [1.165, 1.54) is 27.7 Å². The monoisotopic (exact) mass is 942 g/mol. The topological polar surface area (TPSA) is 178 Å². The molecule has 0 fully saturated rings. The van der Waals surface area contributed by atoms with Gasteiger partial charge in [0.2, 0.25) is 0 Å². The molecule has 7 rings (SSSR count). The first-order chi connectivity index (χ1) is 25.4. The van der Waals surface area contributed by atoms with Gasteiger partial charge in [0.25, 0.3) is 0 Å². The number of H-pyrrole nitrogens is 2. The zero-order chi connectivity index (χ0) is 43.3. The molecule has 0 saturated heterocycles. The number of pyridine rings is 4. The Balaban J connectivity index is 0.000000964. The maximum Gasteiger partial charge on any atom is 2.00 e. The molecule has 25 heteroatoms. The number of fused-ring (bicyclic) bond motifs is 4. The largest absolute Gasteiger partial charge is 2.00 e. The fraction of sp³-hybridized carbons (Fsp3) is 0.125. The molecule has 57 heavy (non-hydrogen) atoms. The van der Waals surface area contributed by atoms with Gasteiger partial charge in [-0.15, -0.1) is 0 Å². The van der Waals surface area contributed by atoms with Crippen LogP contribution in [0.25, 0.3) is 66.2 Å². The summed E-state index contributed by atoms with van der Waals surface area (Å²) in [5, 5.41) is 33.4. The number of halogens is 12. The van der Waals surface area contributed by atoms with Crippen molar-refractivity contribution in [2.75, 3.05) is 0 Å². The van der Waals surface area contributed by atoms with E-state index in [1.807, 2.05) is 24.3 Å². The number of benzene rings is 2. The van der Waals surface area contributed by atoms with E-state index in [0.29, 0.717) is 0 Å². The van der Waals surface area contributed by atoms with Gasteiger partial charge in [-0.25, -0.2) is 19.9 Å². The number of hydrogen-bond donors (Lipinski definition) is 2. The normalized spacial score (nSPS) is 12.6. The van der Waals surface area contributed by atoms with Crippen molar-refractivity contribution in [2.24, 2.45) is 0 Å². The number of rotatable bonds is 0. The standard InChI is InChI=1S/C24H14N6.4C2H3N.2F6P.Ru/c1-2-14-6-10-18-26-20-12-8-16-4-3-15-7-11-19(29-23(15)24(16)30-20)25-17-9-5-13(1)21(27-17)22(14)28-18;4*1-2-3;2*1-7(2,3,4,5)6;/h1-12H,(H,25,27,29)(H,26,28,30);4*1H3;;;/q;;;;;2*-1;+2. The molecule has 10 nitrogen and oxygen atoms in total. The Morgan fingerprint density at radius 3 is 0.632 bits per heavy atom. The van der Waals surface area contributed by atoms with Crippen LogP contribution >= 0.6 is 15.6 Å². The number of nitrogens with zero attached hydrogens (tertiary/aromatic N) is 8. The molecule has 2 N–H and O–H groups in total. The molecule has 0 aliphatic rings. The van der Waals surface area contributed by atoms with Crippen LogP contribution < -0.4 is 0 Å². The zero-order valence-corrected chi connectivity index (χ0v) is 32.8. The second-order valence-electron chi connectivity index (χ2n) is 10.3. The van der Waals surface area contributed by atoms with Crippen molar-refractivity contribution < 1.29 is 69.8 Å². The van der Waals surface area contributed by atoms with Crippen molar-refractivity contribution in [3.63, 3.8) is 0 Å². The van der Waals surface area contributed by atoms with Crippen LogP contribution in [0.1, 0.15) is 27.7 Å². The van der Waals surface area contributed by atoms with Gasteiger partial charge in [0.15, 0.2) is 0 Å². The van der Waals surface area contributed by atoms with Crippen molar-refractivity contribution in [2.45, 2.75) is 27.7 Å². The molecule has 5 aromatic heterocycles. The molecule has 306 valence electrons. The second-order valence-corrected chi connectivity index (χ2v) is 14.1. The summed E-state index contributed by atoms with van der Waals surface area (Å²) in [5.41, 5.74) is 6.32. The van der Waals surface area contributed by atoms with E-state index in [-0.39, 0.29) is 19.5 Å². The van der Waals surface area contributed by atoms with E-state index in [4.69, 9.17) is 41.0 Å². The van der Waals surface area contributed by atoms with Gasteiger partial charge in [-0.2, -0.15) is 21.0 Å². The smallest absolute Gasteiger partial charge is 0.325 e. The van der Waals surface area contributed by atoms with Crippen LogP contribution in [0.2, 0.25) is 0 Å². The van der Waals surface area contributed by atoms with E-state index < -0.39 is 15.6 Å². The van der Waals surface area contributed by atoms with E-state index >= 15 is 0 Å². The van der Waals surface area contributed by atoms with Crippen molar-refractivity contribution in [3.05, 3.63) is 72.8 Å². The van der Waals surface area contributed by atoms with Crippen LogP contribution in [0.15, 0.2) is 72.8 Å². The number of hydrogen-bond acceptors (Lipinski definition) is 8. The second kappa shape index (κ2) is 18.0. The minimum absolute atomic E-state index is 0. The maximum absolute atomic E-state index is 10.7. The van der Waals surface area contributed by atoms with Crippen molar-refractivity contribution >= 4 is 81.8 Å². The molecular formula is C32H26F12N10P2Ru. The van der Waals surface area contributed by atoms with Crippen LogP contribution in [0, 0.1) is 45.3 Å². The Morgan fingerprint density at radius 2 is 0.491 bits per heavy atom. The quantitative estimate of drug-likeness (QED) is 0.0653. The van der Waals surface area contributed by atoms with Crippen molar-refractivity contribution in [1.29, 1.82) is 21.0 Å². The first-order valence-corrected chi connectivity index (χ1v) is 18.7. The predicted octanol–water partition coefficient (Wildman–Crippen LogP) is 14.3. The van der Waals surface area contributed by atoms with Gasteiger partial charge in [0, 0.05) is 49.2 Å². The van der Waals surface area contributed by atoms with Gasteiger partial charge in [0.1, 0.15) is 22.6 Å². The summed E-state index contributed by atoms with van der Waals surface area (Å²) < 4.78 is 118.